The van der Waals surface area contributed by atoms with E-state index in [-0.39, 0.29) is 41.2 Å². The van der Waals surface area contributed by atoms with E-state index in [1.54, 1.807) is 7.11 Å². The van der Waals surface area contributed by atoms with Crippen molar-refractivity contribution in [1.29, 1.82) is 0 Å². The van der Waals surface area contributed by atoms with E-state index in [4.69, 9.17) is 13.9 Å². The summed E-state index contributed by atoms with van der Waals surface area (Å²) in [6, 6.07) is 3.23. The highest BCUT2D eigenvalue weighted by atomic mass is 19.4. The first-order valence-electron chi connectivity index (χ1n) is 9.70. The number of ether oxygens (including phenoxy) is 2. The Bertz CT molecular complexity index is 911. The standard InChI is InChI=1S/C20H22F3N3O4/c1-28-10-13-7-12(8-24-13)26-18(27)19-25-9-17(30-19)15-6-11(20(21,22)23)2-5-16(15)29-14-3-4-14/h2,5-6,9,12-14,24H,3-4,7-8,10H2,1H3,(H,26,27)/t12-,13+/m1/s1. The second-order valence-electron chi connectivity index (χ2n) is 7.52. The van der Waals surface area contributed by atoms with Gasteiger partial charge in [-0.3, -0.25) is 4.79 Å². The van der Waals surface area contributed by atoms with E-state index >= 15 is 0 Å². The van der Waals surface area contributed by atoms with Gasteiger partial charge in [0.05, 0.1) is 30.0 Å². The molecule has 2 N–H and O–H groups in total. The quantitative estimate of drug-likeness (QED) is 0.710. The summed E-state index contributed by atoms with van der Waals surface area (Å²) in [7, 11) is 1.61. The summed E-state index contributed by atoms with van der Waals surface area (Å²) in [6.07, 6.45) is -0.888. The maximum atomic E-state index is 13.2. The number of nitrogens with zero attached hydrogens (tertiary/aromatic N) is 1. The van der Waals surface area contributed by atoms with Gasteiger partial charge in [0.25, 0.3) is 5.89 Å². The number of hydrogen-bond acceptors (Lipinski definition) is 6. The Hall–Kier alpha value is -2.59. The number of alkyl halides is 3. The van der Waals surface area contributed by atoms with Crippen LogP contribution < -0.4 is 15.4 Å². The van der Waals surface area contributed by atoms with Crippen LogP contribution in [0.3, 0.4) is 0 Å². The van der Waals surface area contributed by atoms with Gasteiger partial charge in [-0.2, -0.15) is 13.2 Å². The lowest BCUT2D eigenvalue weighted by molar-refractivity contribution is -0.137. The molecule has 2 fully saturated rings. The molecule has 30 heavy (non-hydrogen) atoms. The lowest BCUT2D eigenvalue weighted by Crippen LogP contribution is -2.36. The normalized spacial score (nSPS) is 21.6. The van der Waals surface area contributed by atoms with Crippen LogP contribution in [0.15, 0.2) is 28.8 Å². The molecule has 2 aliphatic rings. The van der Waals surface area contributed by atoms with Gasteiger partial charge in [0, 0.05) is 25.7 Å². The largest absolute Gasteiger partial charge is 0.490 e. The predicted octanol–water partition coefficient (Wildman–Crippen LogP) is 3.01. The van der Waals surface area contributed by atoms with E-state index in [0.29, 0.717) is 19.6 Å². The lowest BCUT2D eigenvalue weighted by Gasteiger charge is -2.13. The third-order valence-electron chi connectivity index (χ3n) is 5.02. The maximum absolute atomic E-state index is 13.2. The van der Waals surface area contributed by atoms with Crippen LogP contribution in [0.4, 0.5) is 13.2 Å². The van der Waals surface area contributed by atoms with Gasteiger partial charge in [0.2, 0.25) is 0 Å². The molecular weight excluding hydrogens is 403 g/mol. The van der Waals surface area contributed by atoms with Gasteiger partial charge in [-0.25, -0.2) is 4.98 Å². The molecule has 2 atom stereocenters. The van der Waals surface area contributed by atoms with E-state index in [9.17, 15) is 18.0 Å². The molecule has 1 aromatic heterocycles. The molecule has 2 heterocycles. The van der Waals surface area contributed by atoms with Crippen molar-refractivity contribution in [3.05, 3.63) is 35.9 Å². The van der Waals surface area contributed by atoms with Gasteiger partial charge in [0.15, 0.2) is 5.76 Å². The van der Waals surface area contributed by atoms with Crippen LogP contribution >= 0.6 is 0 Å². The van der Waals surface area contributed by atoms with E-state index in [0.717, 1.165) is 25.0 Å². The van der Waals surface area contributed by atoms with Gasteiger partial charge in [0.1, 0.15) is 5.75 Å². The summed E-state index contributed by atoms with van der Waals surface area (Å²) in [5.41, 5.74) is -0.713. The number of nitrogens with one attached hydrogen (secondary N) is 2. The Labute approximate surface area is 170 Å². The summed E-state index contributed by atoms with van der Waals surface area (Å²) in [4.78, 5) is 16.4. The number of carbonyl (C=O) groups excluding carboxylic acids is 1. The molecule has 10 heteroatoms. The molecule has 1 saturated heterocycles. The van der Waals surface area contributed by atoms with Crippen LogP contribution in [-0.2, 0) is 10.9 Å². The lowest BCUT2D eigenvalue weighted by atomic mass is 10.1. The number of aromatic nitrogens is 1. The summed E-state index contributed by atoms with van der Waals surface area (Å²) in [6.45, 7) is 1.12. The third kappa shape index (κ3) is 4.76. The highest BCUT2D eigenvalue weighted by Crippen LogP contribution is 2.39. The molecule has 0 unspecified atom stereocenters. The first-order chi connectivity index (χ1) is 14.3. The van der Waals surface area contributed by atoms with Crippen LogP contribution in [0.5, 0.6) is 5.75 Å². The van der Waals surface area contributed by atoms with Crippen molar-refractivity contribution in [2.24, 2.45) is 0 Å². The van der Waals surface area contributed by atoms with Gasteiger partial charge in [-0.15, -0.1) is 0 Å². The Morgan fingerprint density at radius 1 is 1.37 bits per heavy atom. The number of amides is 1. The smallest absolute Gasteiger partial charge is 0.416 e. The van der Waals surface area contributed by atoms with Gasteiger partial charge in [-0.05, 0) is 37.5 Å². The summed E-state index contributed by atoms with van der Waals surface area (Å²) < 4.78 is 55.8. The number of halogens is 3. The first-order valence-corrected chi connectivity index (χ1v) is 9.70. The van der Waals surface area contributed by atoms with Crippen molar-refractivity contribution < 1.29 is 31.9 Å². The molecule has 1 amide bonds. The molecule has 1 aliphatic heterocycles. The van der Waals surface area contributed by atoms with Crippen LogP contribution in [0, 0.1) is 0 Å². The van der Waals surface area contributed by atoms with Gasteiger partial charge in [-0.1, -0.05) is 0 Å². The monoisotopic (exact) mass is 425 g/mol. The minimum absolute atomic E-state index is 0.0129. The van der Waals surface area contributed by atoms with Crippen LogP contribution in [-0.4, -0.2) is 49.3 Å². The van der Waals surface area contributed by atoms with E-state index in [2.05, 4.69) is 15.6 Å². The molecular formula is C20H22F3N3O4. The second kappa shape index (κ2) is 8.27. The fraction of sp³-hybridized carbons (Fsp3) is 0.500. The predicted molar refractivity (Wildman–Crippen MR) is 100 cm³/mol. The average molecular weight is 425 g/mol. The zero-order chi connectivity index (χ0) is 21.3. The Morgan fingerprint density at radius 2 is 2.17 bits per heavy atom. The average Bonchev–Trinajstić information content (AvgIpc) is 3.19. The molecule has 1 aliphatic carbocycles. The molecule has 7 nitrogen and oxygen atoms in total. The molecule has 0 radical (unpaired) electrons. The molecule has 1 saturated carbocycles. The topological polar surface area (TPSA) is 85.6 Å². The highest BCUT2D eigenvalue weighted by molar-refractivity contribution is 5.90. The van der Waals surface area contributed by atoms with E-state index in [1.165, 1.54) is 12.3 Å². The van der Waals surface area contributed by atoms with Crippen molar-refractivity contribution in [2.45, 2.75) is 43.6 Å². The summed E-state index contributed by atoms with van der Waals surface area (Å²) in [5.74, 6) is -0.419. The molecule has 0 spiro atoms. The van der Waals surface area contributed by atoms with Crippen molar-refractivity contribution in [3.63, 3.8) is 0 Å². The zero-order valence-electron chi connectivity index (χ0n) is 16.3. The van der Waals surface area contributed by atoms with Crippen LogP contribution in [0.25, 0.3) is 11.3 Å². The minimum Gasteiger partial charge on any atom is -0.490 e. The summed E-state index contributed by atoms with van der Waals surface area (Å²) >= 11 is 0. The minimum atomic E-state index is -4.51. The number of rotatable bonds is 7. The van der Waals surface area contributed by atoms with Crippen LogP contribution in [0.2, 0.25) is 0 Å². The van der Waals surface area contributed by atoms with Crippen molar-refractivity contribution in [1.82, 2.24) is 15.6 Å². The van der Waals surface area contributed by atoms with Gasteiger partial charge >= 0.3 is 12.1 Å². The zero-order valence-corrected chi connectivity index (χ0v) is 16.3. The number of hydrogen-bond donors (Lipinski definition) is 2. The number of carbonyl (C=O) groups is 1. The summed E-state index contributed by atoms with van der Waals surface area (Å²) in [5, 5.41) is 6.05. The van der Waals surface area contributed by atoms with Crippen molar-refractivity contribution in [3.8, 4) is 17.1 Å². The van der Waals surface area contributed by atoms with Crippen molar-refractivity contribution >= 4 is 5.91 Å². The first kappa shape index (κ1) is 20.7. The Morgan fingerprint density at radius 3 is 2.87 bits per heavy atom. The molecule has 1 aromatic carbocycles. The fourth-order valence-corrected chi connectivity index (χ4v) is 3.37. The molecule has 162 valence electrons. The fourth-order valence-electron chi connectivity index (χ4n) is 3.37. The molecule has 2 aromatic rings. The number of benzene rings is 1. The van der Waals surface area contributed by atoms with Gasteiger partial charge < -0.3 is 24.5 Å². The number of oxazole rings is 1. The Balaban J connectivity index is 1.52. The molecule has 4 rings (SSSR count). The Kier molecular flexibility index (Phi) is 5.70. The van der Waals surface area contributed by atoms with E-state index < -0.39 is 17.6 Å². The highest BCUT2D eigenvalue weighted by Gasteiger charge is 2.33. The van der Waals surface area contributed by atoms with Crippen LogP contribution in [0.1, 0.15) is 35.5 Å². The molecule has 0 bridgehead atoms. The second-order valence-corrected chi connectivity index (χ2v) is 7.52. The third-order valence-corrected chi connectivity index (χ3v) is 5.02. The van der Waals surface area contributed by atoms with Crippen molar-refractivity contribution in [2.75, 3.05) is 20.3 Å². The van der Waals surface area contributed by atoms with E-state index in [1.807, 2.05) is 0 Å². The maximum Gasteiger partial charge on any atom is 0.416 e. The number of methoxy groups -OCH3 is 1. The SMILES string of the molecule is COC[C@@H]1C[C@@H](NC(=O)c2ncc(-c3cc(C(F)(F)F)ccc3OC3CC3)o2)CN1.